The van der Waals surface area contributed by atoms with E-state index in [1.807, 2.05) is 31.2 Å². The number of aromatic nitrogens is 3. The molecule has 0 radical (unpaired) electrons. The number of halogens is 2. The summed E-state index contributed by atoms with van der Waals surface area (Å²) in [4.78, 5) is 43.0. The number of carbonyl (C=O) groups is 1. The summed E-state index contributed by atoms with van der Waals surface area (Å²) in [5, 5.41) is 0.415. The molecule has 1 heterocycles. The molecule has 0 bridgehead atoms. The van der Waals surface area contributed by atoms with Gasteiger partial charge in [0.15, 0.2) is 5.75 Å². The Bertz CT molecular complexity index is 1430. The summed E-state index contributed by atoms with van der Waals surface area (Å²) in [5.41, 5.74) is 0.389. The average Bonchev–Trinajstić information content (AvgIpc) is 2.85. The molecule has 1 aromatic heterocycles. The third kappa shape index (κ3) is 5.83. The van der Waals surface area contributed by atoms with Crippen LogP contribution in [0.4, 0.5) is 5.69 Å². The van der Waals surface area contributed by atoms with Gasteiger partial charge in [-0.15, -0.1) is 0 Å². The second-order valence-corrected chi connectivity index (χ2v) is 8.94. The van der Waals surface area contributed by atoms with Crippen molar-refractivity contribution in [3.63, 3.8) is 0 Å². The first kappa shape index (κ1) is 27.1. The van der Waals surface area contributed by atoms with E-state index >= 15 is 0 Å². The summed E-state index contributed by atoms with van der Waals surface area (Å²) < 4.78 is 13.0. The lowest BCUT2D eigenvalue weighted by atomic mass is 10.1. The Labute approximate surface area is 217 Å². The van der Waals surface area contributed by atoms with E-state index in [0.717, 1.165) is 20.4 Å². The topological polar surface area (TPSA) is 123 Å². The second kappa shape index (κ2) is 11.5. The van der Waals surface area contributed by atoms with E-state index in [0.29, 0.717) is 12.4 Å². The zero-order valence-corrected chi connectivity index (χ0v) is 21.8. The van der Waals surface area contributed by atoms with Crippen LogP contribution in [0, 0.1) is 12.8 Å². The molecular weight excluding hydrogens is 509 g/mol. The molecule has 0 amide bonds. The third-order valence-corrected chi connectivity index (χ3v) is 5.94. The van der Waals surface area contributed by atoms with Crippen molar-refractivity contribution in [3.8, 4) is 5.75 Å². The van der Waals surface area contributed by atoms with E-state index in [4.69, 9.17) is 38.5 Å². The van der Waals surface area contributed by atoms with E-state index < -0.39 is 23.3 Å². The molecule has 1 atom stereocenters. The summed E-state index contributed by atoms with van der Waals surface area (Å²) in [6.07, 6.45) is 0. The number of nitrogen functional groups attached to an aromatic ring is 1. The van der Waals surface area contributed by atoms with Crippen LogP contribution < -0.4 is 27.6 Å². The van der Waals surface area contributed by atoms with E-state index in [2.05, 4.69) is 4.99 Å². The van der Waals surface area contributed by atoms with Gasteiger partial charge in [-0.3, -0.25) is 9.36 Å². The first-order valence-corrected chi connectivity index (χ1v) is 11.8. The number of hydrogen-bond acceptors (Lipinski definition) is 7. The maximum Gasteiger partial charge on any atom is 0.353 e. The lowest BCUT2D eigenvalue weighted by Gasteiger charge is -2.16. The highest BCUT2D eigenvalue weighted by Crippen LogP contribution is 2.36. The molecule has 0 saturated heterocycles. The number of methoxy groups -OCH3 is 1. The molecular formula is C24H27Cl2N5O5. The summed E-state index contributed by atoms with van der Waals surface area (Å²) >= 11 is 12.6. The minimum Gasteiger partial charge on any atom is -0.491 e. The van der Waals surface area contributed by atoms with Crippen molar-refractivity contribution in [3.05, 3.63) is 84.2 Å². The predicted octanol–water partition coefficient (Wildman–Crippen LogP) is 2.63. The fourth-order valence-corrected chi connectivity index (χ4v) is 4.09. The Kier molecular flexibility index (Phi) is 8.65. The summed E-state index contributed by atoms with van der Waals surface area (Å²) in [6, 6.07) is 10.5. The van der Waals surface area contributed by atoms with Crippen molar-refractivity contribution in [1.82, 2.24) is 13.8 Å². The normalized spacial score (nSPS) is 12.4. The number of nitrogens with zero attached hydrogens (tertiary/aromatic N) is 4. The van der Waals surface area contributed by atoms with Crippen LogP contribution >= 0.6 is 23.2 Å². The van der Waals surface area contributed by atoms with E-state index in [9.17, 15) is 14.4 Å². The Morgan fingerprint density at radius 2 is 1.69 bits per heavy atom. The molecule has 0 aliphatic carbocycles. The standard InChI is InChI=1S/C24H27Cl2N5O5/c1-5-36-20-18(25)10-17(11-19(20)26)28-22-29(13-16-8-6-14(2)7-9-16)23(33)30(24(34)31(22)27)12-15(3)21(32)35-4/h6-11,15H,5,12-13,27H2,1-4H3/t15-/m0/s1. The van der Waals surface area contributed by atoms with Gasteiger partial charge in [-0.05, 0) is 31.5 Å². The number of aryl methyl sites for hydroxylation is 1. The molecule has 0 saturated carbocycles. The maximum atomic E-state index is 13.5. The van der Waals surface area contributed by atoms with E-state index in [1.165, 1.54) is 23.8 Å². The van der Waals surface area contributed by atoms with Gasteiger partial charge in [0.1, 0.15) is 0 Å². The van der Waals surface area contributed by atoms with Gasteiger partial charge in [0.25, 0.3) is 0 Å². The summed E-state index contributed by atoms with van der Waals surface area (Å²) in [5.74, 6) is 5.10. The van der Waals surface area contributed by atoms with Crippen LogP contribution in [0.1, 0.15) is 25.0 Å². The van der Waals surface area contributed by atoms with Crippen LogP contribution in [0.3, 0.4) is 0 Å². The van der Waals surface area contributed by atoms with Crippen molar-refractivity contribution in [2.45, 2.75) is 33.9 Å². The minimum atomic E-state index is -0.849. The predicted molar refractivity (Wildman–Crippen MR) is 137 cm³/mol. The van der Waals surface area contributed by atoms with Crippen molar-refractivity contribution < 1.29 is 14.3 Å². The van der Waals surface area contributed by atoms with Gasteiger partial charge in [-0.25, -0.2) is 19.1 Å². The van der Waals surface area contributed by atoms with Gasteiger partial charge in [-0.2, -0.15) is 4.68 Å². The molecule has 0 fully saturated rings. The lowest BCUT2D eigenvalue weighted by molar-refractivity contribution is -0.145. The number of rotatable bonds is 8. The molecule has 2 N–H and O–H groups in total. The van der Waals surface area contributed by atoms with Crippen LogP contribution in [0.15, 0.2) is 51.0 Å². The Morgan fingerprint density at radius 1 is 1.08 bits per heavy atom. The molecule has 2 aromatic carbocycles. The fraction of sp³-hybridized carbons (Fsp3) is 0.333. The van der Waals surface area contributed by atoms with Crippen molar-refractivity contribution in [2.24, 2.45) is 10.9 Å². The zero-order chi connectivity index (χ0) is 26.6. The molecule has 12 heteroatoms. The third-order valence-electron chi connectivity index (χ3n) is 5.38. The highest BCUT2D eigenvalue weighted by molar-refractivity contribution is 6.37. The number of benzene rings is 2. The Balaban J connectivity index is 2.27. The maximum absolute atomic E-state index is 13.5. The Hall–Kier alpha value is -3.50. The summed E-state index contributed by atoms with van der Waals surface area (Å²) in [6.45, 7) is 5.47. The van der Waals surface area contributed by atoms with Crippen molar-refractivity contribution in [1.29, 1.82) is 0 Å². The van der Waals surface area contributed by atoms with Gasteiger partial charge in [0.2, 0.25) is 5.62 Å². The molecule has 0 aliphatic heterocycles. The minimum absolute atomic E-state index is 0.0561. The molecule has 3 rings (SSSR count). The smallest absolute Gasteiger partial charge is 0.353 e. The SMILES string of the molecule is CCOc1c(Cl)cc(N=c2n(N)c(=O)n(C[C@H](C)C(=O)OC)c(=O)n2Cc2ccc(C)cc2)cc1Cl. The van der Waals surface area contributed by atoms with Gasteiger partial charge < -0.3 is 15.3 Å². The zero-order valence-electron chi connectivity index (χ0n) is 20.3. The number of ether oxygens (including phenoxy) is 2. The Morgan fingerprint density at radius 3 is 2.25 bits per heavy atom. The van der Waals surface area contributed by atoms with Crippen LogP contribution in [0.25, 0.3) is 0 Å². The monoisotopic (exact) mass is 535 g/mol. The number of carbonyl (C=O) groups excluding carboxylic acids is 1. The molecule has 0 spiro atoms. The summed E-state index contributed by atoms with van der Waals surface area (Å²) in [7, 11) is 1.23. The first-order valence-electron chi connectivity index (χ1n) is 11.1. The second-order valence-electron chi connectivity index (χ2n) is 8.13. The van der Waals surface area contributed by atoms with E-state index in [-0.39, 0.29) is 34.4 Å². The average molecular weight is 536 g/mol. The lowest BCUT2D eigenvalue weighted by Crippen LogP contribution is -2.58. The first-order chi connectivity index (χ1) is 17.1. The fourth-order valence-electron chi connectivity index (χ4n) is 3.50. The molecule has 0 unspecified atom stereocenters. The van der Waals surface area contributed by atoms with Crippen LogP contribution in [-0.2, 0) is 22.6 Å². The molecule has 3 aromatic rings. The van der Waals surface area contributed by atoms with Gasteiger partial charge in [-0.1, -0.05) is 60.0 Å². The molecule has 0 aliphatic rings. The highest BCUT2D eigenvalue weighted by Gasteiger charge is 2.20. The largest absolute Gasteiger partial charge is 0.491 e. The van der Waals surface area contributed by atoms with Gasteiger partial charge in [0.05, 0.1) is 41.9 Å². The molecule has 192 valence electrons. The van der Waals surface area contributed by atoms with Crippen molar-refractivity contribution in [2.75, 3.05) is 19.6 Å². The number of hydrogen-bond donors (Lipinski definition) is 1. The van der Waals surface area contributed by atoms with Crippen LogP contribution in [-0.4, -0.2) is 33.5 Å². The number of esters is 1. The number of nitrogens with two attached hydrogens (primary N) is 1. The quantitative estimate of drug-likeness (QED) is 0.349. The highest BCUT2D eigenvalue weighted by atomic mass is 35.5. The van der Waals surface area contributed by atoms with Gasteiger partial charge >= 0.3 is 17.3 Å². The molecule has 36 heavy (non-hydrogen) atoms. The van der Waals surface area contributed by atoms with Crippen LogP contribution in [0.5, 0.6) is 5.75 Å². The van der Waals surface area contributed by atoms with Crippen LogP contribution in [0.2, 0.25) is 10.0 Å². The van der Waals surface area contributed by atoms with Gasteiger partial charge in [0, 0.05) is 6.54 Å². The van der Waals surface area contributed by atoms with E-state index in [1.54, 1.807) is 13.8 Å². The molecule has 10 nitrogen and oxygen atoms in total. The van der Waals surface area contributed by atoms with Crippen molar-refractivity contribution >= 4 is 34.9 Å².